The maximum atomic E-state index is 11.9. The van der Waals surface area contributed by atoms with Gasteiger partial charge in [-0.15, -0.1) is 0 Å². The molecule has 30 heavy (non-hydrogen) atoms. The maximum absolute atomic E-state index is 11.9. The Morgan fingerprint density at radius 3 is 1.07 bits per heavy atom. The van der Waals surface area contributed by atoms with E-state index in [1.807, 2.05) is 0 Å². The standard InChI is InChI=1S/C18H10O10.2K/c19-13(20)9-5-1-3-7-11(9)15(23)27-17(25)18(26)28-16(24)12-8-4-2-6-10(12)14(21)22;;/h1-8H,(H,19,20)(H,21,22);;/q;2*+1/p-2. The summed E-state index contributed by atoms with van der Waals surface area (Å²) in [6, 6.07) is 9.14. The molecule has 0 bridgehead atoms. The van der Waals surface area contributed by atoms with Crippen molar-refractivity contribution in [2.45, 2.75) is 0 Å². The van der Waals surface area contributed by atoms with Crippen LogP contribution in [0.25, 0.3) is 0 Å². The van der Waals surface area contributed by atoms with Crippen molar-refractivity contribution >= 4 is 35.8 Å². The van der Waals surface area contributed by atoms with Crippen LogP contribution in [0.5, 0.6) is 0 Å². The Kier molecular flexibility index (Phi) is 12.9. The molecule has 12 heteroatoms. The molecule has 2 aromatic rings. The number of carbonyl (C=O) groups is 6. The molecule has 0 unspecified atom stereocenters. The molecule has 0 heterocycles. The Morgan fingerprint density at radius 2 is 0.800 bits per heavy atom. The van der Waals surface area contributed by atoms with Gasteiger partial charge in [-0.3, -0.25) is 0 Å². The molecular formula is C18H8K2O10. The molecule has 0 saturated heterocycles. The van der Waals surface area contributed by atoms with Crippen LogP contribution in [0.15, 0.2) is 48.5 Å². The molecule has 10 nitrogen and oxygen atoms in total. The van der Waals surface area contributed by atoms with Crippen molar-refractivity contribution in [3.8, 4) is 0 Å². The van der Waals surface area contributed by atoms with Crippen molar-refractivity contribution in [2.24, 2.45) is 0 Å². The van der Waals surface area contributed by atoms with Crippen LogP contribution in [0.2, 0.25) is 0 Å². The second-order valence-electron chi connectivity index (χ2n) is 5.02. The minimum Gasteiger partial charge on any atom is -0.545 e. The van der Waals surface area contributed by atoms with Crippen LogP contribution >= 0.6 is 0 Å². The summed E-state index contributed by atoms with van der Waals surface area (Å²) in [6.45, 7) is 0. The summed E-state index contributed by atoms with van der Waals surface area (Å²) in [6.07, 6.45) is 0. The SMILES string of the molecule is O=C(OC(=O)c1ccccc1C(=O)[O-])C(=O)OC(=O)c1ccccc1C(=O)[O-].[K+].[K+]. The molecule has 0 aromatic heterocycles. The van der Waals surface area contributed by atoms with Gasteiger partial charge in [0.25, 0.3) is 0 Å². The third kappa shape index (κ3) is 7.56. The molecule has 2 rings (SSSR count). The van der Waals surface area contributed by atoms with E-state index in [9.17, 15) is 39.0 Å². The van der Waals surface area contributed by atoms with Crippen LogP contribution in [0.1, 0.15) is 41.4 Å². The molecule has 0 fully saturated rings. The number of rotatable bonds is 4. The van der Waals surface area contributed by atoms with Gasteiger partial charge in [0, 0.05) is 11.1 Å². The third-order valence-electron chi connectivity index (χ3n) is 3.27. The van der Waals surface area contributed by atoms with Crippen LogP contribution < -0.4 is 113 Å². The van der Waals surface area contributed by atoms with Gasteiger partial charge in [0.2, 0.25) is 0 Å². The van der Waals surface area contributed by atoms with Crippen molar-refractivity contribution < 1.29 is 151 Å². The van der Waals surface area contributed by atoms with Gasteiger partial charge in [-0.2, -0.15) is 0 Å². The fourth-order valence-electron chi connectivity index (χ4n) is 2.04. The molecule has 0 amide bonds. The quantitative estimate of drug-likeness (QED) is 0.184. The zero-order chi connectivity index (χ0) is 20.8. The van der Waals surface area contributed by atoms with Crippen molar-refractivity contribution in [1.29, 1.82) is 0 Å². The monoisotopic (exact) mass is 462 g/mol. The first-order valence-electron chi connectivity index (χ1n) is 7.35. The number of carboxylic acids is 2. The molecule has 0 radical (unpaired) electrons. The fourth-order valence-corrected chi connectivity index (χ4v) is 2.04. The molecule has 142 valence electrons. The summed E-state index contributed by atoms with van der Waals surface area (Å²) in [7, 11) is 0. The first-order valence-corrected chi connectivity index (χ1v) is 7.35. The predicted molar refractivity (Wildman–Crippen MR) is 82.4 cm³/mol. The topological polar surface area (TPSA) is 167 Å². The Hall–Kier alpha value is -1.07. The van der Waals surface area contributed by atoms with Gasteiger partial charge in [0.15, 0.2) is 0 Å². The number of ether oxygens (including phenoxy) is 2. The largest absolute Gasteiger partial charge is 1.00 e. The van der Waals surface area contributed by atoms with Gasteiger partial charge in [-0.1, -0.05) is 36.4 Å². The average Bonchev–Trinajstić information content (AvgIpc) is 2.67. The number of aromatic carboxylic acids is 2. The predicted octanol–water partition coefficient (Wildman–Crippen LogP) is -7.51. The van der Waals surface area contributed by atoms with Crippen LogP contribution in [-0.4, -0.2) is 35.8 Å². The van der Waals surface area contributed by atoms with Gasteiger partial charge < -0.3 is 29.3 Å². The number of carbonyl (C=O) groups excluding carboxylic acids is 6. The molecule has 0 N–H and O–H groups in total. The first kappa shape index (κ1) is 28.9. The first-order chi connectivity index (χ1) is 13.2. The maximum Gasteiger partial charge on any atom is 1.00 e. The van der Waals surface area contributed by atoms with E-state index >= 15 is 0 Å². The molecular weight excluding hydrogens is 454 g/mol. The Labute approximate surface area is 253 Å². The summed E-state index contributed by atoms with van der Waals surface area (Å²) in [5.41, 5.74) is -2.32. The van der Waals surface area contributed by atoms with E-state index in [0.29, 0.717) is 0 Å². The van der Waals surface area contributed by atoms with Gasteiger partial charge >= 0.3 is 127 Å². The Balaban J connectivity index is 0.00000420. The zero-order valence-corrected chi connectivity index (χ0v) is 21.9. The number of esters is 4. The van der Waals surface area contributed by atoms with Gasteiger partial charge in [0.1, 0.15) is 0 Å². The minimum absolute atomic E-state index is 0. The number of hydrogen-bond acceptors (Lipinski definition) is 10. The van der Waals surface area contributed by atoms with Gasteiger partial charge in [-0.05, 0) is 12.1 Å². The summed E-state index contributed by atoms with van der Waals surface area (Å²) in [5.74, 6) is -10.3. The number of carboxylic acid groups (broad SMARTS) is 2. The third-order valence-corrected chi connectivity index (χ3v) is 3.27. The normalized spacial score (nSPS) is 9.20. The van der Waals surface area contributed by atoms with Gasteiger partial charge in [0.05, 0.1) is 23.1 Å². The van der Waals surface area contributed by atoms with Crippen molar-refractivity contribution in [3.63, 3.8) is 0 Å². The summed E-state index contributed by atoms with van der Waals surface area (Å²) < 4.78 is 8.36. The average molecular weight is 462 g/mol. The smallest absolute Gasteiger partial charge is 0.545 e. The van der Waals surface area contributed by atoms with Gasteiger partial charge in [-0.25, -0.2) is 19.2 Å². The molecule has 0 saturated carbocycles. The summed E-state index contributed by atoms with van der Waals surface area (Å²) >= 11 is 0. The zero-order valence-electron chi connectivity index (χ0n) is 15.7. The van der Waals surface area contributed by atoms with E-state index in [4.69, 9.17) is 0 Å². The molecule has 0 aliphatic rings. The van der Waals surface area contributed by atoms with E-state index in [2.05, 4.69) is 9.47 Å². The number of benzene rings is 2. The molecule has 0 atom stereocenters. The van der Waals surface area contributed by atoms with Crippen LogP contribution in [0.4, 0.5) is 0 Å². The van der Waals surface area contributed by atoms with E-state index < -0.39 is 58.1 Å². The Bertz CT molecular complexity index is 934. The number of hydrogen-bond donors (Lipinski definition) is 0. The molecule has 2 aromatic carbocycles. The second-order valence-corrected chi connectivity index (χ2v) is 5.02. The fraction of sp³-hybridized carbons (Fsp3) is 0. The summed E-state index contributed by atoms with van der Waals surface area (Å²) in [4.78, 5) is 68.9. The molecule has 0 spiro atoms. The van der Waals surface area contributed by atoms with Crippen LogP contribution in [-0.2, 0) is 19.1 Å². The van der Waals surface area contributed by atoms with Crippen molar-refractivity contribution in [2.75, 3.05) is 0 Å². The van der Waals surface area contributed by atoms with Crippen molar-refractivity contribution in [1.82, 2.24) is 0 Å². The molecule has 0 aliphatic heterocycles. The van der Waals surface area contributed by atoms with Crippen LogP contribution in [0, 0.1) is 0 Å². The van der Waals surface area contributed by atoms with E-state index in [1.54, 1.807) is 0 Å². The Morgan fingerprint density at radius 1 is 0.533 bits per heavy atom. The summed E-state index contributed by atoms with van der Waals surface area (Å²) in [5, 5.41) is 21.9. The molecule has 0 aliphatic carbocycles. The van der Waals surface area contributed by atoms with Crippen LogP contribution in [0.3, 0.4) is 0 Å². The van der Waals surface area contributed by atoms with Crippen molar-refractivity contribution in [3.05, 3.63) is 70.8 Å². The van der Waals surface area contributed by atoms with E-state index in [1.165, 1.54) is 24.3 Å². The second kappa shape index (κ2) is 13.4. The van der Waals surface area contributed by atoms with E-state index in [-0.39, 0.29) is 103 Å². The van der Waals surface area contributed by atoms with E-state index in [0.717, 1.165) is 24.3 Å². The minimum atomic E-state index is -1.92.